The number of thiazole rings is 1. The number of nitrogens with zero attached hydrogens (tertiary/aromatic N) is 3. The standard InChI is InChI=1S/C26H30ClN5O3S/c1-31(2)26(35)17-8-9-19(28-23(33)10-7-16-5-4-6-18(27)13-16)21(14-17)29-24(34)25-30-20-11-12-32(3)15-22(20)36-25/h4-6,13,17,19,21H,8-9,11-12,14-15H2,1-3H3,(H,28,33)(H,29,34)/t17-,19-,21+/m0/s1. The number of fused-ring (bicyclic) bond motifs is 1. The third-order valence-electron chi connectivity index (χ3n) is 6.53. The second kappa shape index (κ2) is 11.4. The minimum Gasteiger partial charge on any atom is -0.349 e. The van der Waals surface area contributed by atoms with Gasteiger partial charge in [0.2, 0.25) is 5.91 Å². The van der Waals surface area contributed by atoms with E-state index in [-0.39, 0.29) is 23.8 Å². The van der Waals surface area contributed by atoms with Gasteiger partial charge < -0.3 is 20.4 Å². The summed E-state index contributed by atoms with van der Waals surface area (Å²) in [6, 6.07) is 6.22. The van der Waals surface area contributed by atoms with Crippen molar-refractivity contribution in [3.05, 3.63) is 50.4 Å². The number of amides is 3. The first-order valence-corrected chi connectivity index (χ1v) is 13.2. The van der Waals surface area contributed by atoms with Crippen LogP contribution in [0.15, 0.2) is 24.3 Å². The first kappa shape index (κ1) is 26.1. The molecule has 190 valence electrons. The highest BCUT2D eigenvalue weighted by Crippen LogP contribution is 2.28. The van der Waals surface area contributed by atoms with Crippen molar-refractivity contribution in [2.24, 2.45) is 5.92 Å². The van der Waals surface area contributed by atoms with Gasteiger partial charge in [-0.05, 0) is 44.5 Å². The van der Waals surface area contributed by atoms with Crippen LogP contribution in [0.4, 0.5) is 0 Å². The third-order valence-corrected chi connectivity index (χ3v) is 7.85. The maximum Gasteiger partial charge on any atom is 0.296 e. The molecule has 1 aromatic heterocycles. The SMILES string of the molecule is CN1CCc2nc(C(=O)N[C@@H]3C[C@@H](C(=O)N(C)C)CC[C@@H]3NC(=O)C#Cc3cccc(Cl)c3)sc2C1. The molecule has 0 unspecified atom stereocenters. The summed E-state index contributed by atoms with van der Waals surface area (Å²) in [6.45, 7) is 1.70. The van der Waals surface area contributed by atoms with Gasteiger partial charge in [-0.2, -0.15) is 0 Å². The molecule has 36 heavy (non-hydrogen) atoms. The summed E-state index contributed by atoms with van der Waals surface area (Å²) in [7, 11) is 5.51. The van der Waals surface area contributed by atoms with Crippen molar-refractivity contribution in [1.29, 1.82) is 0 Å². The van der Waals surface area contributed by atoms with E-state index in [1.54, 1.807) is 43.3 Å². The Balaban J connectivity index is 1.48. The van der Waals surface area contributed by atoms with Gasteiger partial charge in [-0.1, -0.05) is 23.6 Å². The summed E-state index contributed by atoms with van der Waals surface area (Å²) < 4.78 is 0. The van der Waals surface area contributed by atoms with Crippen molar-refractivity contribution in [2.75, 3.05) is 27.7 Å². The van der Waals surface area contributed by atoms with Crippen molar-refractivity contribution in [2.45, 2.75) is 44.3 Å². The molecular formula is C26H30ClN5O3S. The lowest BCUT2D eigenvalue weighted by atomic mass is 9.81. The summed E-state index contributed by atoms with van der Waals surface area (Å²) in [6.07, 6.45) is 2.43. The monoisotopic (exact) mass is 527 g/mol. The van der Waals surface area contributed by atoms with Crippen LogP contribution in [0.2, 0.25) is 5.02 Å². The molecule has 1 aliphatic heterocycles. The Labute approximate surface area is 220 Å². The van der Waals surface area contributed by atoms with E-state index in [0.29, 0.717) is 34.9 Å². The summed E-state index contributed by atoms with van der Waals surface area (Å²) in [5, 5.41) is 6.97. The summed E-state index contributed by atoms with van der Waals surface area (Å²) in [5.41, 5.74) is 1.62. The minimum absolute atomic E-state index is 0.0209. The van der Waals surface area contributed by atoms with Crippen LogP contribution in [0, 0.1) is 17.8 Å². The predicted molar refractivity (Wildman–Crippen MR) is 140 cm³/mol. The second-order valence-corrected chi connectivity index (χ2v) is 11.1. The van der Waals surface area contributed by atoms with Crippen molar-refractivity contribution in [3.63, 3.8) is 0 Å². The normalized spacial score (nSPS) is 21.5. The average Bonchev–Trinajstić information content (AvgIpc) is 3.27. The Hall–Kier alpha value is -2.93. The van der Waals surface area contributed by atoms with Gasteiger partial charge in [0.25, 0.3) is 11.8 Å². The summed E-state index contributed by atoms with van der Waals surface area (Å²) in [4.78, 5) is 47.9. The Bertz CT molecular complexity index is 1220. The minimum atomic E-state index is -0.440. The van der Waals surface area contributed by atoms with Gasteiger partial charge in [-0.15, -0.1) is 11.3 Å². The van der Waals surface area contributed by atoms with Crippen LogP contribution in [-0.2, 0) is 22.6 Å². The topological polar surface area (TPSA) is 94.6 Å². The predicted octanol–water partition coefficient (Wildman–Crippen LogP) is 2.31. The van der Waals surface area contributed by atoms with Gasteiger partial charge in [0.1, 0.15) is 0 Å². The largest absolute Gasteiger partial charge is 0.349 e. The van der Waals surface area contributed by atoms with Crippen molar-refractivity contribution in [1.82, 2.24) is 25.4 Å². The zero-order chi connectivity index (χ0) is 25.8. The first-order valence-electron chi connectivity index (χ1n) is 12.0. The van der Waals surface area contributed by atoms with Gasteiger partial charge in [0, 0.05) is 60.9 Å². The van der Waals surface area contributed by atoms with Gasteiger partial charge >= 0.3 is 0 Å². The van der Waals surface area contributed by atoms with Crippen LogP contribution in [0.5, 0.6) is 0 Å². The van der Waals surface area contributed by atoms with E-state index in [1.165, 1.54) is 11.3 Å². The fourth-order valence-corrected chi connectivity index (χ4v) is 5.92. The fourth-order valence-electron chi connectivity index (χ4n) is 4.64. The Morgan fingerprint density at radius 2 is 2.00 bits per heavy atom. The van der Waals surface area contributed by atoms with Crippen molar-refractivity contribution in [3.8, 4) is 11.8 Å². The molecule has 0 bridgehead atoms. The van der Waals surface area contributed by atoms with Gasteiger partial charge in [-0.25, -0.2) is 4.98 Å². The number of aromatic nitrogens is 1. The highest BCUT2D eigenvalue weighted by Gasteiger charge is 2.36. The van der Waals surface area contributed by atoms with Crippen molar-refractivity contribution < 1.29 is 14.4 Å². The molecule has 2 aromatic rings. The molecule has 0 spiro atoms. The van der Waals surface area contributed by atoms with Gasteiger partial charge in [-0.3, -0.25) is 14.4 Å². The van der Waals surface area contributed by atoms with E-state index in [2.05, 4.69) is 39.4 Å². The Morgan fingerprint density at radius 3 is 2.75 bits per heavy atom. The zero-order valence-corrected chi connectivity index (χ0v) is 22.2. The highest BCUT2D eigenvalue weighted by molar-refractivity contribution is 7.13. The number of carbonyl (C=O) groups is 3. The molecule has 1 saturated carbocycles. The molecular weight excluding hydrogens is 498 g/mol. The number of halogens is 1. The molecule has 0 radical (unpaired) electrons. The van der Waals surface area contributed by atoms with Crippen LogP contribution in [0.25, 0.3) is 0 Å². The van der Waals surface area contributed by atoms with Gasteiger partial charge in [0.05, 0.1) is 17.8 Å². The van der Waals surface area contributed by atoms with Crippen LogP contribution in [0.1, 0.15) is 45.2 Å². The molecule has 2 N–H and O–H groups in total. The van der Waals surface area contributed by atoms with E-state index in [0.717, 1.165) is 30.1 Å². The smallest absolute Gasteiger partial charge is 0.296 e. The third kappa shape index (κ3) is 6.44. The summed E-state index contributed by atoms with van der Waals surface area (Å²) >= 11 is 7.40. The maximum absolute atomic E-state index is 13.2. The first-order chi connectivity index (χ1) is 17.2. The average molecular weight is 528 g/mol. The lowest BCUT2D eigenvalue weighted by Crippen LogP contribution is -2.55. The molecule has 4 rings (SSSR count). The molecule has 2 heterocycles. The summed E-state index contributed by atoms with van der Waals surface area (Å²) in [5.74, 6) is 4.51. The number of hydrogen-bond donors (Lipinski definition) is 2. The number of carbonyl (C=O) groups excluding carboxylic acids is 3. The molecule has 0 saturated heterocycles. The lowest BCUT2D eigenvalue weighted by Gasteiger charge is -2.36. The fraction of sp³-hybridized carbons (Fsp3) is 0.462. The Morgan fingerprint density at radius 1 is 1.19 bits per heavy atom. The lowest BCUT2D eigenvalue weighted by molar-refractivity contribution is -0.134. The van der Waals surface area contributed by atoms with E-state index in [4.69, 9.17) is 11.6 Å². The van der Waals surface area contributed by atoms with E-state index >= 15 is 0 Å². The molecule has 2 aliphatic rings. The van der Waals surface area contributed by atoms with Gasteiger partial charge in [0.15, 0.2) is 5.01 Å². The molecule has 3 atom stereocenters. The zero-order valence-electron chi connectivity index (χ0n) is 20.6. The number of rotatable bonds is 4. The van der Waals surface area contributed by atoms with Crippen LogP contribution in [0.3, 0.4) is 0 Å². The second-order valence-electron chi connectivity index (χ2n) is 9.54. The number of benzene rings is 1. The molecule has 1 aliphatic carbocycles. The highest BCUT2D eigenvalue weighted by atomic mass is 35.5. The van der Waals surface area contributed by atoms with E-state index in [9.17, 15) is 14.4 Å². The van der Waals surface area contributed by atoms with E-state index in [1.807, 2.05) is 0 Å². The number of hydrogen-bond acceptors (Lipinski definition) is 6. The van der Waals surface area contributed by atoms with Crippen LogP contribution in [-0.4, -0.2) is 72.3 Å². The van der Waals surface area contributed by atoms with Crippen LogP contribution < -0.4 is 10.6 Å². The number of likely N-dealkylation sites (N-methyl/N-ethyl adjacent to an activating group) is 1. The maximum atomic E-state index is 13.2. The number of nitrogens with one attached hydrogen (secondary N) is 2. The van der Waals surface area contributed by atoms with E-state index < -0.39 is 11.9 Å². The van der Waals surface area contributed by atoms with Crippen LogP contribution >= 0.6 is 22.9 Å². The molecule has 1 fully saturated rings. The molecule has 1 aromatic carbocycles. The van der Waals surface area contributed by atoms with Crippen molar-refractivity contribution >= 4 is 40.7 Å². The molecule has 3 amide bonds. The molecule has 10 heteroatoms. The Kier molecular flexibility index (Phi) is 8.29. The molecule has 8 nitrogen and oxygen atoms in total. The quantitative estimate of drug-likeness (QED) is 0.595.